The second kappa shape index (κ2) is 4.53. The summed E-state index contributed by atoms with van der Waals surface area (Å²) in [5.41, 5.74) is 0.871. The minimum Gasteiger partial charge on any atom is -0.262 e. The summed E-state index contributed by atoms with van der Waals surface area (Å²) in [7, 11) is 0. The Hall–Kier alpha value is -1.91. The third-order valence-corrected chi connectivity index (χ3v) is 2.27. The van der Waals surface area contributed by atoms with Crippen LogP contribution in [0.25, 0.3) is 11.3 Å². The van der Waals surface area contributed by atoms with E-state index in [2.05, 4.69) is 9.97 Å². The van der Waals surface area contributed by atoms with E-state index in [1.54, 1.807) is 25.3 Å². The van der Waals surface area contributed by atoms with E-state index in [-0.39, 0.29) is 0 Å². The molecule has 88 valence electrons. The zero-order valence-electron chi connectivity index (χ0n) is 8.99. The molecule has 0 radical (unpaired) electrons. The number of pyridine rings is 2. The first-order valence-electron chi connectivity index (χ1n) is 4.95. The van der Waals surface area contributed by atoms with E-state index in [4.69, 9.17) is 0 Å². The second-order valence-corrected chi connectivity index (χ2v) is 3.55. The fourth-order valence-electron chi connectivity index (χ4n) is 1.48. The SMILES string of the molecule is Cc1cc(-c2ccc(F)c(C(F)F)n2)ccn1. The molecule has 0 saturated heterocycles. The highest BCUT2D eigenvalue weighted by atomic mass is 19.3. The van der Waals surface area contributed by atoms with Crippen LogP contribution in [0.2, 0.25) is 0 Å². The molecule has 0 spiro atoms. The van der Waals surface area contributed by atoms with E-state index in [0.717, 1.165) is 11.8 Å². The summed E-state index contributed by atoms with van der Waals surface area (Å²) in [5, 5.41) is 0. The number of aromatic nitrogens is 2. The van der Waals surface area contributed by atoms with Gasteiger partial charge < -0.3 is 0 Å². The molecule has 2 heterocycles. The second-order valence-electron chi connectivity index (χ2n) is 3.55. The first-order valence-corrected chi connectivity index (χ1v) is 4.95. The van der Waals surface area contributed by atoms with Gasteiger partial charge in [0, 0.05) is 17.5 Å². The Morgan fingerprint density at radius 3 is 2.59 bits per heavy atom. The number of rotatable bonds is 2. The van der Waals surface area contributed by atoms with Gasteiger partial charge in [0.1, 0.15) is 5.69 Å². The monoisotopic (exact) mass is 238 g/mol. The Morgan fingerprint density at radius 1 is 1.18 bits per heavy atom. The van der Waals surface area contributed by atoms with Crippen LogP contribution in [0.4, 0.5) is 13.2 Å². The van der Waals surface area contributed by atoms with Gasteiger partial charge in [0.2, 0.25) is 0 Å². The molecule has 5 heteroatoms. The lowest BCUT2D eigenvalue weighted by molar-refractivity contribution is 0.140. The van der Waals surface area contributed by atoms with Gasteiger partial charge in [-0.1, -0.05) is 0 Å². The van der Waals surface area contributed by atoms with Crippen LogP contribution in [0.5, 0.6) is 0 Å². The van der Waals surface area contributed by atoms with Gasteiger partial charge in [-0.15, -0.1) is 0 Å². The van der Waals surface area contributed by atoms with E-state index in [1.165, 1.54) is 6.07 Å². The molecule has 2 aromatic heterocycles. The van der Waals surface area contributed by atoms with Gasteiger partial charge in [-0.2, -0.15) is 0 Å². The van der Waals surface area contributed by atoms with Crippen molar-refractivity contribution in [2.45, 2.75) is 13.3 Å². The minimum absolute atomic E-state index is 0.312. The molecule has 0 fully saturated rings. The van der Waals surface area contributed by atoms with Crippen molar-refractivity contribution in [2.24, 2.45) is 0 Å². The van der Waals surface area contributed by atoms with Crippen LogP contribution in [-0.4, -0.2) is 9.97 Å². The van der Waals surface area contributed by atoms with Crippen molar-refractivity contribution in [1.29, 1.82) is 0 Å². The summed E-state index contributed by atoms with van der Waals surface area (Å²) in [5.74, 6) is -0.991. The number of halogens is 3. The van der Waals surface area contributed by atoms with Gasteiger partial charge in [-0.25, -0.2) is 18.2 Å². The number of alkyl halides is 2. The molecule has 0 atom stereocenters. The summed E-state index contributed by atoms with van der Waals surface area (Å²) < 4.78 is 38.0. The van der Waals surface area contributed by atoms with Crippen molar-refractivity contribution in [2.75, 3.05) is 0 Å². The molecular formula is C12H9F3N2. The zero-order chi connectivity index (χ0) is 12.4. The van der Waals surface area contributed by atoms with Crippen LogP contribution >= 0.6 is 0 Å². The first kappa shape index (κ1) is 11.6. The van der Waals surface area contributed by atoms with Crippen molar-refractivity contribution < 1.29 is 13.2 Å². The molecule has 0 bridgehead atoms. The van der Waals surface area contributed by atoms with E-state index < -0.39 is 17.9 Å². The van der Waals surface area contributed by atoms with Crippen molar-refractivity contribution in [3.8, 4) is 11.3 Å². The Morgan fingerprint density at radius 2 is 1.94 bits per heavy atom. The van der Waals surface area contributed by atoms with Gasteiger partial charge in [-0.05, 0) is 31.2 Å². The number of aryl methyl sites for hydroxylation is 1. The van der Waals surface area contributed by atoms with Crippen LogP contribution in [-0.2, 0) is 0 Å². The van der Waals surface area contributed by atoms with E-state index >= 15 is 0 Å². The van der Waals surface area contributed by atoms with Crippen LogP contribution in [0, 0.1) is 12.7 Å². The standard InChI is InChI=1S/C12H9F3N2/c1-7-6-8(4-5-16-7)10-3-2-9(13)11(17-10)12(14)15/h2-6,12H,1H3. The molecule has 17 heavy (non-hydrogen) atoms. The third-order valence-electron chi connectivity index (χ3n) is 2.27. The quantitative estimate of drug-likeness (QED) is 0.799. The van der Waals surface area contributed by atoms with Crippen molar-refractivity contribution in [3.05, 3.63) is 47.7 Å². The maximum Gasteiger partial charge on any atom is 0.283 e. The first-order chi connectivity index (χ1) is 8.08. The molecule has 0 amide bonds. The molecule has 0 aliphatic carbocycles. The maximum absolute atomic E-state index is 13.1. The van der Waals surface area contributed by atoms with Crippen molar-refractivity contribution in [1.82, 2.24) is 9.97 Å². The van der Waals surface area contributed by atoms with Gasteiger partial charge >= 0.3 is 0 Å². The molecule has 0 saturated carbocycles. The normalized spacial score (nSPS) is 10.9. The molecule has 2 aromatic rings. The Kier molecular flexibility index (Phi) is 3.08. The summed E-state index contributed by atoms with van der Waals surface area (Å²) >= 11 is 0. The molecular weight excluding hydrogens is 229 g/mol. The molecule has 0 aliphatic heterocycles. The minimum atomic E-state index is -2.92. The smallest absolute Gasteiger partial charge is 0.262 e. The van der Waals surface area contributed by atoms with Gasteiger partial charge in [0.05, 0.1) is 5.69 Å². The highest BCUT2D eigenvalue weighted by Gasteiger charge is 2.16. The van der Waals surface area contributed by atoms with Crippen LogP contribution in [0.3, 0.4) is 0 Å². The highest BCUT2D eigenvalue weighted by Crippen LogP contribution is 2.24. The maximum atomic E-state index is 13.1. The highest BCUT2D eigenvalue weighted by molar-refractivity contribution is 5.59. The molecule has 2 nitrogen and oxygen atoms in total. The lowest BCUT2D eigenvalue weighted by Crippen LogP contribution is -1.97. The van der Waals surface area contributed by atoms with Crippen molar-refractivity contribution in [3.63, 3.8) is 0 Å². The summed E-state index contributed by atoms with van der Waals surface area (Å²) in [6.45, 7) is 1.78. The van der Waals surface area contributed by atoms with Crippen LogP contribution in [0.15, 0.2) is 30.5 Å². The topological polar surface area (TPSA) is 25.8 Å². The lowest BCUT2D eigenvalue weighted by atomic mass is 10.1. The summed E-state index contributed by atoms with van der Waals surface area (Å²) in [4.78, 5) is 7.62. The predicted molar refractivity (Wildman–Crippen MR) is 57.1 cm³/mol. The van der Waals surface area contributed by atoms with E-state index in [9.17, 15) is 13.2 Å². The fraction of sp³-hybridized carbons (Fsp3) is 0.167. The molecule has 0 N–H and O–H groups in total. The Bertz CT molecular complexity index is 541. The van der Waals surface area contributed by atoms with Crippen LogP contribution < -0.4 is 0 Å². The Balaban J connectivity index is 2.50. The van der Waals surface area contributed by atoms with Gasteiger partial charge in [0.25, 0.3) is 6.43 Å². The molecule has 0 aromatic carbocycles. The average Bonchev–Trinajstić information content (AvgIpc) is 2.29. The van der Waals surface area contributed by atoms with Gasteiger partial charge in [-0.3, -0.25) is 4.98 Å². The summed E-state index contributed by atoms with van der Waals surface area (Å²) in [6, 6.07) is 5.72. The van der Waals surface area contributed by atoms with Crippen molar-refractivity contribution >= 4 is 0 Å². The molecule has 0 aliphatic rings. The van der Waals surface area contributed by atoms with E-state index in [0.29, 0.717) is 11.3 Å². The largest absolute Gasteiger partial charge is 0.283 e. The van der Waals surface area contributed by atoms with Crippen LogP contribution in [0.1, 0.15) is 17.8 Å². The molecule has 0 unspecified atom stereocenters. The number of nitrogens with zero attached hydrogens (tertiary/aromatic N) is 2. The average molecular weight is 238 g/mol. The lowest BCUT2D eigenvalue weighted by Gasteiger charge is -2.05. The zero-order valence-corrected chi connectivity index (χ0v) is 8.99. The fourth-order valence-corrected chi connectivity index (χ4v) is 1.48. The van der Waals surface area contributed by atoms with Gasteiger partial charge in [0.15, 0.2) is 5.82 Å². The number of hydrogen-bond acceptors (Lipinski definition) is 2. The predicted octanol–water partition coefficient (Wildman–Crippen LogP) is 3.53. The van der Waals surface area contributed by atoms with E-state index in [1.807, 2.05) is 0 Å². The molecule has 2 rings (SSSR count). The Labute approximate surface area is 96.2 Å². The number of hydrogen-bond donors (Lipinski definition) is 0. The summed E-state index contributed by atoms with van der Waals surface area (Å²) in [6.07, 6.45) is -1.37. The third kappa shape index (κ3) is 2.43.